The molecule has 2 heteroatoms. The van der Waals surface area contributed by atoms with E-state index in [0.29, 0.717) is 6.79 Å². The van der Waals surface area contributed by atoms with Gasteiger partial charge in [-0.05, 0) is 24.6 Å². The normalized spacial score (nSPS) is 11.4. The molecule has 1 aliphatic heterocycles. The Morgan fingerprint density at radius 1 is 1.08 bits per heavy atom. The number of rotatable bonds is 0. The van der Waals surface area contributed by atoms with Crippen LogP contribution in [0, 0.1) is 6.92 Å². The van der Waals surface area contributed by atoms with Gasteiger partial charge in [-0.25, -0.2) is 0 Å². The molecule has 0 aromatic heterocycles. The molecule has 12 heavy (non-hydrogen) atoms. The number of ether oxygens (including phenoxy) is 2. The van der Waals surface area contributed by atoms with Crippen LogP contribution in [0.3, 0.4) is 0 Å². The lowest BCUT2D eigenvalue weighted by atomic mass is 10.2. The van der Waals surface area contributed by atoms with Crippen LogP contribution < -0.4 is 9.47 Å². The summed E-state index contributed by atoms with van der Waals surface area (Å²) in [5.74, 6) is 1.71. The van der Waals surface area contributed by atoms with Crippen molar-refractivity contribution in [3.8, 4) is 11.5 Å². The number of fused-ring (bicyclic) bond motifs is 1. The van der Waals surface area contributed by atoms with Crippen LogP contribution in [0.5, 0.6) is 11.5 Å². The fraction of sp³-hybridized carbons (Fsp3) is 0.400. The highest BCUT2D eigenvalue weighted by molar-refractivity contribution is 5.43. The minimum atomic E-state index is 0. The van der Waals surface area contributed by atoms with Crippen LogP contribution in [0.1, 0.15) is 20.4 Å². The largest absolute Gasteiger partial charge is 0.454 e. The summed E-state index contributed by atoms with van der Waals surface area (Å²) in [7, 11) is 0. The molecule has 0 fully saturated rings. The second kappa shape index (κ2) is 4.00. The van der Waals surface area contributed by atoms with Gasteiger partial charge in [0.05, 0.1) is 0 Å². The zero-order valence-electron chi connectivity index (χ0n) is 5.76. The van der Waals surface area contributed by atoms with Gasteiger partial charge in [-0.3, -0.25) is 0 Å². The predicted octanol–water partition coefficient (Wildman–Crippen LogP) is 3.00. The van der Waals surface area contributed by atoms with Crippen molar-refractivity contribution in [3.05, 3.63) is 23.8 Å². The Morgan fingerprint density at radius 2 is 1.75 bits per heavy atom. The Balaban J connectivity index is 0.000000605. The molecule has 0 N–H and O–H groups in total. The van der Waals surface area contributed by atoms with Gasteiger partial charge in [-0.1, -0.05) is 20.9 Å². The molecule has 68 valence electrons. The molecule has 0 bridgehead atoms. The van der Waals surface area contributed by atoms with Crippen molar-refractivity contribution in [2.24, 2.45) is 0 Å². The van der Waals surface area contributed by atoms with E-state index in [0.717, 1.165) is 11.5 Å². The average Bonchev–Trinajstić information content (AvgIpc) is 2.33. The first kappa shape index (κ1) is 10.8. The summed E-state index contributed by atoms with van der Waals surface area (Å²) in [5.41, 5.74) is 1.20. The van der Waals surface area contributed by atoms with Crippen LogP contribution in [0.4, 0.5) is 0 Å². The Kier molecular flexibility index (Phi) is 3.61. The molecule has 0 amide bonds. The second-order valence-electron chi connectivity index (χ2n) is 2.36. The van der Waals surface area contributed by atoms with Crippen LogP contribution >= 0.6 is 0 Å². The van der Waals surface area contributed by atoms with Crippen LogP contribution in [0.15, 0.2) is 18.2 Å². The van der Waals surface area contributed by atoms with Gasteiger partial charge >= 0.3 is 0 Å². The highest BCUT2D eigenvalue weighted by Gasteiger charge is 2.11. The van der Waals surface area contributed by atoms with E-state index in [1.54, 1.807) is 0 Å². The summed E-state index contributed by atoms with van der Waals surface area (Å²) in [5, 5.41) is 0. The van der Waals surface area contributed by atoms with E-state index >= 15 is 0 Å². The minimum absolute atomic E-state index is 0. The van der Waals surface area contributed by atoms with E-state index in [-0.39, 0.29) is 14.9 Å². The van der Waals surface area contributed by atoms with Crippen molar-refractivity contribution >= 4 is 0 Å². The van der Waals surface area contributed by atoms with Crippen LogP contribution in [0.2, 0.25) is 0 Å². The molecule has 2 rings (SSSR count). The van der Waals surface area contributed by atoms with E-state index in [2.05, 4.69) is 0 Å². The van der Waals surface area contributed by atoms with Crippen molar-refractivity contribution in [3.63, 3.8) is 0 Å². The Morgan fingerprint density at radius 3 is 2.50 bits per heavy atom. The third-order valence-electron chi connectivity index (χ3n) is 1.53. The maximum Gasteiger partial charge on any atom is 0.231 e. The Labute approximate surface area is 74.1 Å². The van der Waals surface area contributed by atoms with Gasteiger partial charge in [-0.2, -0.15) is 0 Å². The first-order chi connectivity index (χ1) is 4.86. The maximum absolute atomic E-state index is 5.16. The molecule has 0 atom stereocenters. The van der Waals surface area contributed by atoms with Gasteiger partial charge in [-0.15, -0.1) is 0 Å². The molecule has 0 saturated heterocycles. The maximum atomic E-state index is 5.16. The van der Waals surface area contributed by atoms with Crippen molar-refractivity contribution < 1.29 is 9.47 Å². The zero-order valence-corrected chi connectivity index (χ0v) is 5.76. The summed E-state index contributed by atoms with van der Waals surface area (Å²) >= 11 is 0. The fourth-order valence-electron chi connectivity index (χ4n) is 1.00. The van der Waals surface area contributed by atoms with Crippen LogP contribution in [0.25, 0.3) is 0 Å². The number of benzene rings is 1. The molecule has 1 aromatic rings. The molecule has 0 aliphatic carbocycles. The van der Waals surface area contributed by atoms with E-state index in [4.69, 9.17) is 9.47 Å². The lowest BCUT2D eigenvalue weighted by Gasteiger charge is -1.94. The fourth-order valence-corrected chi connectivity index (χ4v) is 1.00. The summed E-state index contributed by atoms with van der Waals surface area (Å²) < 4.78 is 10.3. The quantitative estimate of drug-likeness (QED) is 0.593. The molecule has 0 saturated carbocycles. The third-order valence-corrected chi connectivity index (χ3v) is 1.53. The molecule has 2 nitrogen and oxygen atoms in total. The Bertz CT molecular complexity index is 256. The molecule has 1 aromatic carbocycles. The van der Waals surface area contributed by atoms with Crippen molar-refractivity contribution in [2.45, 2.75) is 21.8 Å². The summed E-state index contributed by atoms with van der Waals surface area (Å²) in [6.07, 6.45) is 0. The minimum Gasteiger partial charge on any atom is -0.454 e. The highest BCUT2D eigenvalue weighted by Crippen LogP contribution is 2.31. The topological polar surface area (TPSA) is 18.5 Å². The van der Waals surface area contributed by atoms with Gasteiger partial charge in [0.25, 0.3) is 0 Å². The van der Waals surface area contributed by atoms with E-state index < -0.39 is 0 Å². The van der Waals surface area contributed by atoms with Crippen molar-refractivity contribution in [1.29, 1.82) is 0 Å². The molecular weight excluding hydrogens is 152 g/mol. The second-order valence-corrected chi connectivity index (χ2v) is 2.36. The molecule has 1 aliphatic rings. The predicted molar refractivity (Wildman–Crippen MR) is 50.8 cm³/mol. The highest BCUT2D eigenvalue weighted by atomic mass is 16.7. The van der Waals surface area contributed by atoms with Crippen LogP contribution in [-0.4, -0.2) is 6.79 Å². The molecule has 0 radical (unpaired) electrons. The SMILES string of the molecule is C.C.Cc1ccc2c(c1)OCO2. The van der Waals surface area contributed by atoms with Gasteiger partial charge in [0.15, 0.2) is 11.5 Å². The molecule has 1 heterocycles. The Hall–Kier alpha value is -1.18. The summed E-state index contributed by atoms with van der Waals surface area (Å²) in [6, 6.07) is 5.91. The average molecular weight is 168 g/mol. The van der Waals surface area contributed by atoms with Crippen LogP contribution in [-0.2, 0) is 0 Å². The zero-order chi connectivity index (χ0) is 6.97. The molecule has 0 unspecified atom stereocenters. The third kappa shape index (κ3) is 1.70. The lowest BCUT2D eigenvalue weighted by Crippen LogP contribution is -1.92. The van der Waals surface area contributed by atoms with E-state index in [1.807, 2.05) is 25.1 Å². The molecular formula is C10H16O2. The van der Waals surface area contributed by atoms with E-state index in [1.165, 1.54) is 5.56 Å². The number of hydrogen-bond donors (Lipinski definition) is 0. The van der Waals surface area contributed by atoms with Crippen molar-refractivity contribution in [2.75, 3.05) is 6.79 Å². The first-order valence-electron chi connectivity index (χ1n) is 3.22. The number of aryl methyl sites for hydroxylation is 1. The monoisotopic (exact) mass is 168 g/mol. The standard InChI is InChI=1S/C8H8O2.2CH4/c1-6-2-3-7-8(4-6)10-5-9-7;;/h2-4H,5H2,1H3;2*1H4. The summed E-state index contributed by atoms with van der Waals surface area (Å²) in [6.45, 7) is 2.39. The van der Waals surface area contributed by atoms with Gasteiger partial charge < -0.3 is 9.47 Å². The first-order valence-corrected chi connectivity index (χ1v) is 3.22. The molecule has 0 spiro atoms. The van der Waals surface area contributed by atoms with Gasteiger partial charge in [0.2, 0.25) is 6.79 Å². The number of hydrogen-bond acceptors (Lipinski definition) is 2. The lowest BCUT2D eigenvalue weighted by molar-refractivity contribution is 0.174. The van der Waals surface area contributed by atoms with E-state index in [9.17, 15) is 0 Å². The van der Waals surface area contributed by atoms with Gasteiger partial charge in [0, 0.05) is 0 Å². The van der Waals surface area contributed by atoms with Gasteiger partial charge in [0.1, 0.15) is 0 Å². The van der Waals surface area contributed by atoms with Crippen molar-refractivity contribution in [1.82, 2.24) is 0 Å². The summed E-state index contributed by atoms with van der Waals surface area (Å²) in [4.78, 5) is 0. The smallest absolute Gasteiger partial charge is 0.231 e.